The third-order valence-electron chi connectivity index (χ3n) is 5.44. The number of anilines is 2. The second kappa shape index (κ2) is 7.38. The summed E-state index contributed by atoms with van der Waals surface area (Å²) in [5.41, 5.74) is 9.69. The summed E-state index contributed by atoms with van der Waals surface area (Å²) in [6.45, 7) is -0.409. The first-order valence-electron chi connectivity index (χ1n) is 9.55. The number of benzene rings is 1. The molecule has 1 saturated carbocycles. The molecular weight excluding hydrogens is 405 g/mol. The molecule has 11 heteroatoms. The third kappa shape index (κ3) is 3.32. The molecule has 1 unspecified atom stereocenters. The fraction of sp³-hybridized carbons (Fsp3) is 0.474. The molecule has 1 aliphatic carbocycles. The van der Waals surface area contributed by atoms with E-state index in [0.717, 1.165) is 6.20 Å². The summed E-state index contributed by atoms with van der Waals surface area (Å²) < 4.78 is 48.1. The van der Waals surface area contributed by atoms with E-state index in [9.17, 15) is 23.5 Å². The zero-order valence-electron chi connectivity index (χ0n) is 15.9. The SMILES string of the molecule is Nc1c(F)c(N2CCC(N)C2)c(OCC(F)F)c2c1c(=O)c(C(=O)O)cn2C1CC1. The minimum atomic E-state index is -2.84. The van der Waals surface area contributed by atoms with Crippen molar-refractivity contribution in [3.8, 4) is 5.75 Å². The Balaban J connectivity index is 2.09. The van der Waals surface area contributed by atoms with Crippen LogP contribution < -0.4 is 26.5 Å². The van der Waals surface area contributed by atoms with Gasteiger partial charge >= 0.3 is 5.97 Å². The first kappa shape index (κ1) is 20.3. The molecule has 0 amide bonds. The van der Waals surface area contributed by atoms with Crippen molar-refractivity contribution >= 4 is 28.2 Å². The molecule has 4 rings (SSSR count). The summed E-state index contributed by atoms with van der Waals surface area (Å²) in [7, 11) is 0. The second-order valence-electron chi connectivity index (χ2n) is 7.64. The van der Waals surface area contributed by atoms with E-state index in [-0.39, 0.29) is 41.0 Å². The van der Waals surface area contributed by atoms with Crippen molar-refractivity contribution in [3.05, 3.63) is 27.8 Å². The predicted molar refractivity (Wildman–Crippen MR) is 104 cm³/mol. The highest BCUT2D eigenvalue weighted by molar-refractivity contribution is 6.03. The van der Waals surface area contributed by atoms with Gasteiger partial charge in [0, 0.05) is 31.4 Å². The van der Waals surface area contributed by atoms with Gasteiger partial charge in [0.1, 0.15) is 17.9 Å². The number of aromatic carboxylic acids is 1. The van der Waals surface area contributed by atoms with Crippen LogP contribution >= 0.6 is 0 Å². The Labute approximate surface area is 168 Å². The summed E-state index contributed by atoms with van der Waals surface area (Å²) in [4.78, 5) is 26.0. The van der Waals surface area contributed by atoms with Crippen molar-refractivity contribution in [3.63, 3.8) is 0 Å². The van der Waals surface area contributed by atoms with E-state index in [1.54, 1.807) is 4.90 Å². The topological polar surface area (TPSA) is 124 Å². The van der Waals surface area contributed by atoms with Crippen molar-refractivity contribution in [2.24, 2.45) is 5.73 Å². The lowest BCUT2D eigenvalue weighted by atomic mass is 10.1. The molecule has 0 bridgehead atoms. The van der Waals surface area contributed by atoms with E-state index in [1.807, 2.05) is 0 Å². The number of alkyl halides is 2. The molecule has 2 fully saturated rings. The molecule has 2 heterocycles. The summed E-state index contributed by atoms with van der Waals surface area (Å²) in [5.74, 6) is -2.74. The predicted octanol–water partition coefficient (Wildman–Crippen LogP) is 1.94. The lowest BCUT2D eigenvalue weighted by Gasteiger charge is -2.26. The summed E-state index contributed by atoms with van der Waals surface area (Å²) in [5, 5.41) is 9.03. The molecule has 1 aromatic heterocycles. The zero-order valence-corrected chi connectivity index (χ0v) is 15.9. The van der Waals surface area contributed by atoms with Crippen molar-refractivity contribution in [2.45, 2.75) is 37.8 Å². The standard InChI is InChI=1S/C19H21F3N4O4/c20-11(21)7-30-18-15-12(14(24)13(22)16(18)25-4-3-8(23)5-25)17(27)10(19(28)29)6-26(15)9-1-2-9/h6,8-9,11H,1-5,7,23-24H2,(H,28,29). The number of nitrogen functional groups attached to an aromatic ring is 1. The Morgan fingerprint density at radius 1 is 1.33 bits per heavy atom. The van der Waals surface area contributed by atoms with Gasteiger partial charge in [0.15, 0.2) is 11.6 Å². The molecule has 0 spiro atoms. The number of rotatable bonds is 6. The highest BCUT2D eigenvalue weighted by atomic mass is 19.3. The quantitative estimate of drug-likeness (QED) is 0.603. The molecule has 1 aliphatic heterocycles. The lowest BCUT2D eigenvalue weighted by Crippen LogP contribution is -2.29. The third-order valence-corrected chi connectivity index (χ3v) is 5.44. The molecule has 1 atom stereocenters. The van der Waals surface area contributed by atoms with Gasteiger partial charge in [0.25, 0.3) is 6.43 Å². The van der Waals surface area contributed by atoms with E-state index in [1.165, 1.54) is 4.57 Å². The number of nitrogens with zero attached hydrogens (tertiary/aromatic N) is 2. The van der Waals surface area contributed by atoms with Crippen LogP contribution in [0.3, 0.4) is 0 Å². The number of carboxylic acid groups (broad SMARTS) is 1. The van der Waals surface area contributed by atoms with Crippen LogP contribution in [0.25, 0.3) is 10.9 Å². The van der Waals surface area contributed by atoms with Gasteiger partial charge in [-0.3, -0.25) is 4.79 Å². The number of ether oxygens (including phenoxy) is 1. The molecule has 2 aliphatic rings. The van der Waals surface area contributed by atoms with Gasteiger partial charge in [-0.05, 0) is 19.3 Å². The molecule has 5 N–H and O–H groups in total. The average molecular weight is 426 g/mol. The van der Waals surface area contributed by atoms with Crippen LogP contribution in [0.1, 0.15) is 35.7 Å². The number of carbonyl (C=O) groups is 1. The summed E-state index contributed by atoms with van der Waals surface area (Å²) in [6, 6.07) is -0.414. The smallest absolute Gasteiger partial charge is 0.341 e. The average Bonchev–Trinajstić information content (AvgIpc) is 3.43. The molecule has 1 aromatic carbocycles. The van der Waals surface area contributed by atoms with Crippen molar-refractivity contribution in [1.29, 1.82) is 0 Å². The number of nitrogens with two attached hydrogens (primary N) is 2. The van der Waals surface area contributed by atoms with E-state index in [4.69, 9.17) is 16.2 Å². The van der Waals surface area contributed by atoms with Gasteiger partial charge < -0.3 is 30.8 Å². The van der Waals surface area contributed by atoms with Crippen LogP contribution in [0.5, 0.6) is 5.75 Å². The van der Waals surface area contributed by atoms with Crippen LogP contribution in [-0.2, 0) is 0 Å². The fourth-order valence-electron chi connectivity index (χ4n) is 3.91. The van der Waals surface area contributed by atoms with Gasteiger partial charge in [0.2, 0.25) is 5.43 Å². The minimum Gasteiger partial charge on any atom is -0.483 e. The first-order valence-corrected chi connectivity index (χ1v) is 9.55. The van der Waals surface area contributed by atoms with Crippen LogP contribution in [0, 0.1) is 5.82 Å². The molecule has 8 nitrogen and oxygen atoms in total. The maximum Gasteiger partial charge on any atom is 0.341 e. The number of aromatic nitrogens is 1. The summed E-state index contributed by atoms with van der Waals surface area (Å²) >= 11 is 0. The van der Waals surface area contributed by atoms with Crippen molar-refractivity contribution < 1.29 is 27.8 Å². The molecule has 2 aromatic rings. The van der Waals surface area contributed by atoms with Crippen LogP contribution in [-0.4, -0.2) is 47.8 Å². The van der Waals surface area contributed by atoms with E-state index >= 15 is 4.39 Å². The van der Waals surface area contributed by atoms with Gasteiger partial charge in [0.05, 0.1) is 16.6 Å². The van der Waals surface area contributed by atoms with Crippen molar-refractivity contribution in [1.82, 2.24) is 4.57 Å². The number of pyridine rings is 1. The van der Waals surface area contributed by atoms with Crippen LogP contribution in [0.15, 0.2) is 11.0 Å². The zero-order chi connectivity index (χ0) is 21.7. The Kier molecular flexibility index (Phi) is 5.00. The number of hydrogen-bond acceptors (Lipinski definition) is 6. The van der Waals surface area contributed by atoms with Crippen molar-refractivity contribution in [2.75, 3.05) is 30.3 Å². The Morgan fingerprint density at radius 3 is 2.57 bits per heavy atom. The maximum absolute atomic E-state index is 15.4. The molecule has 0 radical (unpaired) electrons. The van der Waals surface area contributed by atoms with Gasteiger partial charge in [-0.25, -0.2) is 18.0 Å². The largest absolute Gasteiger partial charge is 0.483 e. The number of hydrogen-bond donors (Lipinski definition) is 3. The number of fused-ring (bicyclic) bond motifs is 1. The molecule has 162 valence electrons. The van der Waals surface area contributed by atoms with E-state index < -0.39 is 41.5 Å². The van der Waals surface area contributed by atoms with Gasteiger partial charge in [-0.1, -0.05) is 0 Å². The van der Waals surface area contributed by atoms with E-state index in [2.05, 4.69) is 0 Å². The molecule has 30 heavy (non-hydrogen) atoms. The Bertz CT molecular complexity index is 1080. The maximum atomic E-state index is 15.4. The normalized spacial score (nSPS) is 19.1. The van der Waals surface area contributed by atoms with Gasteiger partial charge in [-0.2, -0.15) is 0 Å². The molecule has 1 saturated heterocycles. The lowest BCUT2D eigenvalue weighted by molar-refractivity contribution is 0.0694. The van der Waals surface area contributed by atoms with Crippen LogP contribution in [0.2, 0.25) is 0 Å². The van der Waals surface area contributed by atoms with E-state index in [0.29, 0.717) is 25.8 Å². The Morgan fingerprint density at radius 2 is 2.03 bits per heavy atom. The monoisotopic (exact) mass is 426 g/mol. The minimum absolute atomic E-state index is 0.0301. The Hall–Kier alpha value is -2.95. The molecular formula is C19H21F3N4O4. The highest BCUT2D eigenvalue weighted by Crippen LogP contribution is 2.46. The first-order chi connectivity index (χ1) is 14.2. The highest BCUT2D eigenvalue weighted by Gasteiger charge is 2.35. The second-order valence-corrected chi connectivity index (χ2v) is 7.64. The number of carboxylic acids is 1. The fourth-order valence-corrected chi connectivity index (χ4v) is 3.91. The van der Waals surface area contributed by atoms with Gasteiger partial charge in [-0.15, -0.1) is 0 Å². The number of halogens is 3. The van der Waals surface area contributed by atoms with Crippen LogP contribution in [0.4, 0.5) is 24.5 Å². The summed E-state index contributed by atoms with van der Waals surface area (Å²) in [6.07, 6.45) is 0.239.